The molecule has 1 fully saturated rings. The number of methoxy groups -OCH3 is 1. The van der Waals surface area contributed by atoms with Crippen LogP contribution in [0.4, 0.5) is 0 Å². The maximum Gasteiger partial charge on any atom is 0.239 e. The molecule has 1 aliphatic heterocycles. The summed E-state index contributed by atoms with van der Waals surface area (Å²) in [4.78, 5) is 16.3. The first-order valence-electron chi connectivity index (χ1n) is 6.74. The fraction of sp³-hybridized carbons (Fsp3) is 0.923. The summed E-state index contributed by atoms with van der Waals surface area (Å²) in [5.41, 5.74) is 5.91. The molecule has 106 valence electrons. The molecular weight excluding hydrogens is 230 g/mol. The fourth-order valence-electron chi connectivity index (χ4n) is 2.23. The van der Waals surface area contributed by atoms with Gasteiger partial charge >= 0.3 is 0 Å². The van der Waals surface area contributed by atoms with E-state index in [9.17, 15) is 4.79 Å². The molecule has 5 heteroatoms. The van der Waals surface area contributed by atoms with E-state index >= 15 is 0 Å². The zero-order chi connectivity index (χ0) is 13.7. The molecule has 18 heavy (non-hydrogen) atoms. The number of hydrogen-bond acceptors (Lipinski definition) is 4. The van der Waals surface area contributed by atoms with E-state index in [0.29, 0.717) is 6.04 Å². The molecule has 0 aliphatic carbocycles. The van der Waals surface area contributed by atoms with Gasteiger partial charge in [-0.05, 0) is 12.8 Å². The highest BCUT2D eigenvalue weighted by molar-refractivity contribution is 5.82. The quantitative estimate of drug-likeness (QED) is 0.761. The van der Waals surface area contributed by atoms with Crippen molar-refractivity contribution < 1.29 is 9.53 Å². The summed E-state index contributed by atoms with van der Waals surface area (Å²) in [7, 11) is 1.72. The first-order valence-corrected chi connectivity index (χ1v) is 6.74. The first kappa shape index (κ1) is 15.4. The molecule has 1 saturated heterocycles. The fourth-order valence-corrected chi connectivity index (χ4v) is 2.23. The van der Waals surface area contributed by atoms with Gasteiger partial charge in [0.2, 0.25) is 5.91 Å². The Morgan fingerprint density at radius 1 is 1.22 bits per heavy atom. The Labute approximate surface area is 110 Å². The number of carbonyl (C=O) groups is 1. The second kappa shape index (κ2) is 7.07. The summed E-state index contributed by atoms with van der Waals surface area (Å²) in [5, 5.41) is 0. The summed E-state index contributed by atoms with van der Waals surface area (Å²) < 4.78 is 5.16. The van der Waals surface area contributed by atoms with Crippen LogP contribution >= 0.6 is 0 Å². The predicted molar refractivity (Wildman–Crippen MR) is 72.3 cm³/mol. The second-order valence-electron chi connectivity index (χ2n) is 5.44. The van der Waals surface area contributed by atoms with E-state index in [0.717, 1.165) is 32.8 Å². The molecule has 2 N–H and O–H groups in total. The normalized spacial score (nSPS) is 21.1. The molecule has 0 radical (unpaired) electrons. The van der Waals surface area contributed by atoms with E-state index in [1.54, 1.807) is 7.11 Å². The van der Waals surface area contributed by atoms with Crippen LogP contribution in [0.3, 0.4) is 0 Å². The summed E-state index contributed by atoms with van der Waals surface area (Å²) in [6.45, 7) is 10.2. The van der Waals surface area contributed by atoms with Crippen molar-refractivity contribution in [2.24, 2.45) is 11.7 Å². The number of nitrogens with zero attached hydrogens (tertiary/aromatic N) is 2. The Kier molecular flexibility index (Phi) is 6.05. The van der Waals surface area contributed by atoms with Gasteiger partial charge in [-0.3, -0.25) is 9.69 Å². The molecule has 1 rings (SSSR count). The zero-order valence-electron chi connectivity index (χ0n) is 12.1. The number of carbonyl (C=O) groups excluding carboxylic acids is 1. The number of ether oxygens (including phenoxy) is 1. The minimum Gasteiger partial charge on any atom is -0.383 e. The summed E-state index contributed by atoms with van der Waals surface area (Å²) >= 11 is 0. The average molecular weight is 257 g/mol. The summed E-state index contributed by atoms with van der Waals surface area (Å²) in [6, 6.07) is 0.0407. The number of rotatable bonds is 5. The maximum atomic E-state index is 12.1. The molecule has 0 bridgehead atoms. The molecule has 0 saturated carbocycles. The highest BCUT2D eigenvalue weighted by Gasteiger charge is 2.28. The van der Waals surface area contributed by atoms with Gasteiger partial charge in [0.05, 0.1) is 12.6 Å². The molecule has 5 nitrogen and oxygen atoms in total. The second-order valence-corrected chi connectivity index (χ2v) is 5.44. The third-order valence-electron chi connectivity index (χ3n) is 3.66. The van der Waals surface area contributed by atoms with Crippen molar-refractivity contribution in [2.45, 2.75) is 32.9 Å². The van der Waals surface area contributed by atoms with E-state index in [2.05, 4.69) is 11.8 Å². The number of piperazine rings is 1. The smallest absolute Gasteiger partial charge is 0.239 e. The molecule has 0 aromatic carbocycles. The van der Waals surface area contributed by atoms with Crippen molar-refractivity contribution in [3.63, 3.8) is 0 Å². The van der Waals surface area contributed by atoms with Crippen LogP contribution in [-0.4, -0.2) is 67.7 Å². The van der Waals surface area contributed by atoms with E-state index in [1.165, 1.54) is 0 Å². The Morgan fingerprint density at radius 3 is 2.22 bits per heavy atom. The Bertz CT molecular complexity index is 263. The van der Waals surface area contributed by atoms with Gasteiger partial charge in [-0.2, -0.15) is 0 Å². The Morgan fingerprint density at radius 2 is 1.78 bits per heavy atom. The standard InChI is InChI=1S/C13H27N3O2/c1-10(2)12(14)13(17)16-7-5-15(6-8-16)11(3)9-18-4/h10-12H,5-9,14H2,1-4H3/t11-,12+/m1/s1. The Hall–Kier alpha value is -0.650. The van der Waals surface area contributed by atoms with Crippen LogP contribution in [0.1, 0.15) is 20.8 Å². The monoisotopic (exact) mass is 257 g/mol. The highest BCUT2D eigenvalue weighted by Crippen LogP contribution is 2.10. The van der Waals surface area contributed by atoms with E-state index < -0.39 is 0 Å². The molecule has 1 aliphatic rings. The van der Waals surface area contributed by atoms with Crippen LogP contribution in [0.5, 0.6) is 0 Å². The largest absolute Gasteiger partial charge is 0.383 e. The summed E-state index contributed by atoms with van der Waals surface area (Å²) in [5.74, 6) is 0.284. The van der Waals surface area contributed by atoms with Gasteiger partial charge in [-0.1, -0.05) is 13.8 Å². The van der Waals surface area contributed by atoms with E-state index in [4.69, 9.17) is 10.5 Å². The minimum absolute atomic E-state index is 0.0871. The molecule has 2 atom stereocenters. The molecule has 0 aromatic heterocycles. The lowest BCUT2D eigenvalue weighted by molar-refractivity contribution is -0.135. The van der Waals surface area contributed by atoms with Crippen molar-refractivity contribution in [3.05, 3.63) is 0 Å². The van der Waals surface area contributed by atoms with Crippen LogP contribution in [0.25, 0.3) is 0 Å². The first-order chi connectivity index (χ1) is 8.47. The van der Waals surface area contributed by atoms with Gasteiger partial charge in [0, 0.05) is 39.3 Å². The third-order valence-corrected chi connectivity index (χ3v) is 3.66. The lowest BCUT2D eigenvalue weighted by atomic mass is 10.0. The number of nitrogens with two attached hydrogens (primary N) is 1. The van der Waals surface area contributed by atoms with Crippen molar-refractivity contribution in [3.8, 4) is 0 Å². The van der Waals surface area contributed by atoms with Gasteiger partial charge in [-0.15, -0.1) is 0 Å². The van der Waals surface area contributed by atoms with Crippen LogP contribution in [0, 0.1) is 5.92 Å². The number of amides is 1. The van der Waals surface area contributed by atoms with E-state index in [-0.39, 0.29) is 17.9 Å². The van der Waals surface area contributed by atoms with Gasteiger partial charge in [-0.25, -0.2) is 0 Å². The topological polar surface area (TPSA) is 58.8 Å². The average Bonchev–Trinajstić information content (AvgIpc) is 2.37. The van der Waals surface area contributed by atoms with Crippen LogP contribution in [0.15, 0.2) is 0 Å². The minimum atomic E-state index is -0.368. The molecular formula is C13H27N3O2. The van der Waals surface area contributed by atoms with Crippen molar-refractivity contribution >= 4 is 5.91 Å². The van der Waals surface area contributed by atoms with Gasteiger partial charge in [0.1, 0.15) is 0 Å². The summed E-state index contributed by atoms with van der Waals surface area (Å²) in [6.07, 6.45) is 0. The molecule has 1 heterocycles. The SMILES string of the molecule is COC[C@@H](C)N1CCN(C(=O)[C@@H](N)C(C)C)CC1. The molecule has 0 spiro atoms. The van der Waals surface area contributed by atoms with Crippen molar-refractivity contribution in [2.75, 3.05) is 39.9 Å². The van der Waals surface area contributed by atoms with Crippen molar-refractivity contribution in [1.82, 2.24) is 9.80 Å². The van der Waals surface area contributed by atoms with Gasteiger partial charge in [0.25, 0.3) is 0 Å². The predicted octanol–water partition coefficient (Wildman–Crippen LogP) is 0.149. The van der Waals surface area contributed by atoms with Gasteiger partial charge < -0.3 is 15.4 Å². The third kappa shape index (κ3) is 3.93. The maximum absolute atomic E-state index is 12.1. The Balaban J connectivity index is 2.41. The van der Waals surface area contributed by atoms with Crippen LogP contribution in [0.2, 0.25) is 0 Å². The van der Waals surface area contributed by atoms with Crippen LogP contribution in [-0.2, 0) is 9.53 Å². The molecule has 0 aromatic rings. The van der Waals surface area contributed by atoms with E-state index in [1.807, 2.05) is 18.7 Å². The highest BCUT2D eigenvalue weighted by atomic mass is 16.5. The molecule has 0 unspecified atom stereocenters. The molecule has 1 amide bonds. The van der Waals surface area contributed by atoms with Crippen LogP contribution < -0.4 is 5.73 Å². The van der Waals surface area contributed by atoms with Crippen molar-refractivity contribution in [1.29, 1.82) is 0 Å². The lowest BCUT2D eigenvalue weighted by Gasteiger charge is -2.39. The zero-order valence-corrected chi connectivity index (χ0v) is 12.1. The lowest BCUT2D eigenvalue weighted by Crippen LogP contribution is -2.56. The van der Waals surface area contributed by atoms with Gasteiger partial charge in [0.15, 0.2) is 0 Å². The number of hydrogen-bond donors (Lipinski definition) is 1.